The lowest BCUT2D eigenvalue weighted by molar-refractivity contribution is 0.282. The molecule has 0 aliphatic rings. The van der Waals surface area contributed by atoms with Crippen LogP contribution in [0.2, 0.25) is 0 Å². The van der Waals surface area contributed by atoms with Gasteiger partial charge in [-0.3, -0.25) is 0 Å². The van der Waals surface area contributed by atoms with Gasteiger partial charge in [-0.1, -0.05) is 24.3 Å². The van der Waals surface area contributed by atoms with Crippen LogP contribution in [0.4, 0.5) is 0 Å². The molecular weight excluding hydrogens is 190 g/mol. The summed E-state index contributed by atoms with van der Waals surface area (Å²) in [6.07, 6.45) is 0. The average Bonchev–Trinajstić information content (AvgIpc) is 2.60. The molecule has 0 atom stereocenters. The fourth-order valence-electron chi connectivity index (χ4n) is 1.52. The SMILES string of the molecule is Cc1nnc(-c2ccccc2CO)n1C. The molecular formula is C11H13N3O. The van der Waals surface area contributed by atoms with Crippen LogP contribution >= 0.6 is 0 Å². The molecule has 0 spiro atoms. The van der Waals surface area contributed by atoms with Crippen LogP contribution in [0.1, 0.15) is 11.4 Å². The van der Waals surface area contributed by atoms with E-state index in [4.69, 9.17) is 0 Å². The van der Waals surface area contributed by atoms with Crippen molar-refractivity contribution >= 4 is 0 Å². The molecule has 1 aromatic carbocycles. The zero-order valence-electron chi connectivity index (χ0n) is 8.81. The Morgan fingerprint density at radius 1 is 1.27 bits per heavy atom. The number of nitrogens with zero attached hydrogens (tertiary/aromatic N) is 3. The predicted octanol–water partition coefficient (Wildman–Crippen LogP) is 1.28. The van der Waals surface area contributed by atoms with E-state index < -0.39 is 0 Å². The first-order valence-corrected chi connectivity index (χ1v) is 4.79. The zero-order valence-corrected chi connectivity index (χ0v) is 8.81. The van der Waals surface area contributed by atoms with Gasteiger partial charge in [0.2, 0.25) is 0 Å². The molecule has 2 rings (SSSR count). The Morgan fingerprint density at radius 2 is 2.00 bits per heavy atom. The van der Waals surface area contributed by atoms with Gasteiger partial charge < -0.3 is 9.67 Å². The molecule has 2 aromatic rings. The molecule has 0 radical (unpaired) electrons. The first-order chi connectivity index (χ1) is 7.24. The molecule has 1 heterocycles. The van der Waals surface area contributed by atoms with Gasteiger partial charge in [0.05, 0.1) is 6.61 Å². The second-order valence-electron chi connectivity index (χ2n) is 3.45. The van der Waals surface area contributed by atoms with Gasteiger partial charge in [0.1, 0.15) is 5.82 Å². The van der Waals surface area contributed by atoms with Crippen LogP contribution in [0.5, 0.6) is 0 Å². The molecule has 0 bridgehead atoms. The van der Waals surface area contributed by atoms with Crippen LogP contribution in [0.3, 0.4) is 0 Å². The highest BCUT2D eigenvalue weighted by atomic mass is 16.3. The molecule has 0 fully saturated rings. The number of hydrogen-bond acceptors (Lipinski definition) is 3. The maximum Gasteiger partial charge on any atom is 0.164 e. The molecule has 4 nitrogen and oxygen atoms in total. The minimum atomic E-state index is 0.0160. The smallest absolute Gasteiger partial charge is 0.164 e. The van der Waals surface area contributed by atoms with E-state index in [1.165, 1.54) is 0 Å². The maximum absolute atomic E-state index is 9.22. The van der Waals surface area contributed by atoms with E-state index in [0.717, 1.165) is 22.8 Å². The van der Waals surface area contributed by atoms with Gasteiger partial charge in [-0.05, 0) is 12.5 Å². The fraction of sp³-hybridized carbons (Fsp3) is 0.273. The number of aliphatic hydroxyl groups excluding tert-OH is 1. The van der Waals surface area contributed by atoms with Crippen LogP contribution in [0.15, 0.2) is 24.3 Å². The van der Waals surface area contributed by atoms with Crippen LogP contribution in [-0.2, 0) is 13.7 Å². The highest BCUT2D eigenvalue weighted by molar-refractivity contribution is 5.60. The van der Waals surface area contributed by atoms with Crippen molar-refractivity contribution in [2.24, 2.45) is 7.05 Å². The molecule has 1 N–H and O–H groups in total. The summed E-state index contributed by atoms with van der Waals surface area (Å²) in [5.41, 5.74) is 1.80. The lowest BCUT2D eigenvalue weighted by atomic mass is 10.1. The van der Waals surface area contributed by atoms with E-state index in [1.807, 2.05) is 42.8 Å². The number of hydrogen-bond donors (Lipinski definition) is 1. The number of aromatic nitrogens is 3. The second-order valence-corrected chi connectivity index (χ2v) is 3.45. The second kappa shape index (κ2) is 3.82. The quantitative estimate of drug-likeness (QED) is 0.800. The standard InChI is InChI=1S/C11H13N3O/c1-8-12-13-11(14(8)2)10-6-4-3-5-9(10)7-15/h3-6,15H,7H2,1-2H3. The Kier molecular flexibility index (Phi) is 2.51. The summed E-state index contributed by atoms with van der Waals surface area (Å²) < 4.78 is 1.91. The number of aryl methyl sites for hydroxylation is 1. The topological polar surface area (TPSA) is 50.9 Å². The van der Waals surface area contributed by atoms with Crippen molar-refractivity contribution in [1.29, 1.82) is 0 Å². The molecule has 0 saturated carbocycles. The number of benzene rings is 1. The largest absolute Gasteiger partial charge is 0.392 e. The van der Waals surface area contributed by atoms with Crippen LogP contribution in [-0.4, -0.2) is 19.9 Å². The Bertz CT molecular complexity index is 476. The Hall–Kier alpha value is -1.68. The normalized spacial score (nSPS) is 10.6. The molecule has 15 heavy (non-hydrogen) atoms. The Labute approximate surface area is 88.2 Å². The molecule has 0 aliphatic heterocycles. The monoisotopic (exact) mass is 203 g/mol. The van der Waals surface area contributed by atoms with E-state index in [2.05, 4.69) is 10.2 Å². The summed E-state index contributed by atoms with van der Waals surface area (Å²) in [6, 6.07) is 7.66. The predicted molar refractivity (Wildman–Crippen MR) is 57.1 cm³/mol. The third-order valence-electron chi connectivity index (χ3n) is 2.52. The van der Waals surface area contributed by atoms with Gasteiger partial charge in [-0.2, -0.15) is 0 Å². The summed E-state index contributed by atoms with van der Waals surface area (Å²) in [6.45, 7) is 1.92. The van der Waals surface area contributed by atoms with E-state index in [-0.39, 0.29) is 6.61 Å². The van der Waals surface area contributed by atoms with Crippen LogP contribution in [0, 0.1) is 6.92 Å². The lowest BCUT2D eigenvalue weighted by Gasteiger charge is -2.06. The van der Waals surface area contributed by atoms with Crippen molar-refractivity contribution in [2.45, 2.75) is 13.5 Å². The van der Waals surface area contributed by atoms with Gasteiger partial charge >= 0.3 is 0 Å². The Balaban J connectivity index is 2.58. The van der Waals surface area contributed by atoms with Gasteiger partial charge in [0.15, 0.2) is 5.82 Å². The van der Waals surface area contributed by atoms with Crippen molar-refractivity contribution in [3.05, 3.63) is 35.7 Å². The molecule has 0 unspecified atom stereocenters. The first-order valence-electron chi connectivity index (χ1n) is 4.79. The van der Waals surface area contributed by atoms with Crippen molar-refractivity contribution in [3.8, 4) is 11.4 Å². The highest BCUT2D eigenvalue weighted by Gasteiger charge is 2.10. The summed E-state index contributed by atoms with van der Waals surface area (Å²) in [7, 11) is 1.92. The lowest BCUT2D eigenvalue weighted by Crippen LogP contribution is -1.98. The van der Waals surface area contributed by atoms with Gasteiger partial charge in [-0.25, -0.2) is 0 Å². The minimum Gasteiger partial charge on any atom is -0.392 e. The van der Waals surface area contributed by atoms with E-state index >= 15 is 0 Å². The minimum absolute atomic E-state index is 0.0160. The summed E-state index contributed by atoms with van der Waals surface area (Å²) in [5, 5.41) is 17.3. The third-order valence-corrected chi connectivity index (χ3v) is 2.52. The van der Waals surface area contributed by atoms with Crippen LogP contribution < -0.4 is 0 Å². The zero-order chi connectivity index (χ0) is 10.8. The summed E-state index contributed by atoms with van der Waals surface area (Å²) >= 11 is 0. The molecule has 0 aliphatic carbocycles. The molecule has 78 valence electrons. The summed E-state index contributed by atoms with van der Waals surface area (Å²) in [5.74, 6) is 1.65. The van der Waals surface area contributed by atoms with Gasteiger partial charge in [0.25, 0.3) is 0 Å². The van der Waals surface area contributed by atoms with E-state index in [0.29, 0.717) is 0 Å². The number of aliphatic hydroxyl groups is 1. The molecule has 0 saturated heterocycles. The molecule has 1 aromatic heterocycles. The summed E-state index contributed by atoms with van der Waals surface area (Å²) in [4.78, 5) is 0. The van der Waals surface area contributed by atoms with Crippen molar-refractivity contribution in [2.75, 3.05) is 0 Å². The van der Waals surface area contributed by atoms with Crippen LogP contribution in [0.25, 0.3) is 11.4 Å². The van der Waals surface area contributed by atoms with Gasteiger partial charge in [0, 0.05) is 12.6 Å². The fourth-order valence-corrected chi connectivity index (χ4v) is 1.52. The van der Waals surface area contributed by atoms with E-state index in [1.54, 1.807) is 0 Å². The van der Waals surface area contributed by atoms with Gasteiger partial charge in [-0.15, -0.1) is 10.2 Å². The first kappa shape index (κ1) is 9.86. The van der Waals surface area contributed by atoms with E-state index in [9.17, 15) is 5.11 Å². The molecule has 0 amide bonds. The molecule has 4 heteroatoms. The highest BCUT2D eigenvalue weighted by Crippen LogP contribution is 2.21. The Morgan fingerprint density at radius 3 is 2.60 bits per heavy atom. The number of rotatable bonds is 2. The van der Waals surface area contributed by atoms with Crippen molar-refractivity contribution in [3.63, 3.8) is 0 Å². The third kappa shape index (κ3) is 1.64. The average molecular weight is 203 g/mol. The maximum atomic E-state index is 9.22. The van der Waals surface area contributed by atoms with Crippen molar-refractivity contribution < 1.29 is 5.11 Å². The van der Waals surface area contributed by atoms with Crippen molar-refractivity contribution in [1.82, 2.24) is 14.8 Å².